The number of hydrogen-bond donors (Lipinski definition) is 1. The summed E-state index contributed by atoms with van der Waals surface area (Å²) >= 11 is 0. The second kappa shape index (κ2) is 11.3. The van der Waals surface area contributed by atoms with Gasteiger partial charge in [0.15, 0.2) is 0 Å². The van der Waals surface area contributed by atoms with Crippen LogP contribution in [0, 0.1) is 0 Å². The molecule has 0 bridgehead atoms. The van der Waals surface area contributed by atoms with E-state index in [1.54, 1.807) is 36.7 Å². The molecule has 2 aromatic heterocycles. The van der Waals surface area contributed by atoms with Crippen molar-refractivity contribution in [2.45, 2.75) is 43.7 Å². The maximum atomic E-state index is 13.9. The van der Waals surface area contributed by atoms with Gasteiger partial charge >= 0.3 is 18.4 Å². The van der Waals surface area contributed by atoms with Gasteiger partial charge in [-0.3, -0.25) is 14.3 Å². The van der Waals surface area contributed by atoms with Crippen molar-refractivity contribution in [3.05, 3.63) is 107 Å². The first kappa shape index (κ1) is 30.2. The van der Waals surface area contributed by atoms with Gasteiger partial charge in [0.1, 0.15) is 0 Å². The number of allylic oxidation sites excluding steroid dienone is 1. The van der Waals surface area contributed by atoms with Gasteiger partial charge in [-0.05, 0) is 72.4 Å². The highest BCUT2D eigenvalue weighted by Gasteiger charge is 2.41. The molecule has 2 aliphatic heterocycles. The van der Waals surface area contributed by atoms with Crippen LogP contribution in [0.1, 0.15) is 45.5 Å². The third-order valence-corrected chi connectivity index (χ3v) is 8.41. The van der Waals surface area contributed by atoms with Crippen LogP contribution in [0.5, 0.6) is 0 Å². The Balaban J connectivity index is 1.41. The van der Waals surface area contributed by atoms with Gasteiger partial charge in [-0.15, -0.1) is 0 Å². The van der Waals surface area contributed by atoms with E-state index in [9.17, 15) is 41.0 Å². The summed E-state index contributed by atoms with van der Waals surface area (Å²) in [5, 5.41) is 10.4. The number of nitrogens with zero attached hydrogens (tertiary/aromatic N) is 4. The molecular formula is C32H26F6N4O3. The van der Waals surface area contributed by atoms with Crippen molar-refractivity contribution in [3.8, 4) is 0 Å². The Kier molecular flexibility index (Phi) is 7.58. The van der Waals surface area contributed by atoms with E-state index in [2.05, 4.69) is 9.88 Å². The van der Waals surface area contributed by atoms with E-state index in [1.807, 2.05) is 18.3 Å². The zero-order valence-corrected chi connectivity index (χ0v) is 23.5. The highest BCUT2D eigenvalue weighted by Crippen LogP contribution is 2.38. The van der Waals surface area contributed by atoms with Crippen LogP contribution in [0.25, 0.3) is 16.5 Å². The summed E-state index contributed by atoms with van der Waals surface area (Å²) in [5.74, 6) is -0.956. The maximum absolute atomic E-state index is 13.9. The van der Waals surface area contributed by atoms with Crippen molar-refractivity contribution in [1.29, 1.82) is 0 Å². The van der Waals surface area contributed by atoms with Gasteiger partial charge in [0.2, 0.25) is 0 Å². The average molecular weight is 629 g/mol. The minimum Gasteiger partial charge on any atom is -0.464 e. The lowest BCUT2D eigenvalue weighted by molar-refractivity contribution is -0.143. The van der Waals surface area contributed by atoms with Gasteiger partial charge in [-0.25, -0.2) is 4.79 Å². The Morgan fingerprint density at radius 1 is 0.911 bits per heavy atom. The molecule has 6 rings (SSSR count). The number of alkyl halides is 6. The molecule has 4 aromatic rings. The molecular weight excluding hydrogens is 602 g/mol. The lowest BCUT2D eigenvalue weighted by Crippen LogP contribution is -2.59. The first-order valence-corrected chi connectivity index (χ1v) is 14.1. The van der Waals surface area contributed by atoms with Crippen molar-refractivity contribution in [2.75, 3.05) is 13.1 Å². The molecule has 4 heterocycles. The van der Waals surface area contributed by atoms with E-state index in [-0.39, 0.29) is 31.6 Å². The molecule has 1 fully saturated rings. The Hall–Kier alpha value is -4.81. The molecule has 0 radical (unpaired) electrons. The van der Waals surface area contributed by atoms with E-state index < -0.39 is 47.1 Å². The van der Waals surface area contributed by atoms with Gasteiger partial charge in [0.05, 0.1) is 22.7 Å². The standard InChI is InChI=1S/C32H26F6N4O3/c33-31(34,35)23-11-21(12-24(14-23)32(36,37)38)29(43)41-18-25-6-5-20(19-7-9-39-10-8-19)15-40(25)17-26(41)13-22-16-42(30(44)45)28-4-2-1-3-27(22)28/h1-4,7-12,14-16,25-26H,5-6,13,17-18H2,(H,44,45)/t25-,26-/m1/s1. The summed E-state index contributed by atoms with van der Waals surface area (Å²) in [6, 6.07) is 10.5. The third-order valence-electron chi connectivity index (χ3n) is 8.41. The molecule has 7 nitrogen and oxygen atoms in total. The highest BCUT2D eigenvalue weighted by atomic mass is 19.4. The van der Waals surface area contributed by atoms with E-state index in [0.717, 1.165) is 15.7 Å². The summed E-state index contributed by atoms with van der Waals surface area (Å²) in [4.78, 5) is 33.3. The molecule has 0 aliphatic carbocycles. The maximum Gasteiger partial charge on any atom is 0.416 e. The summed E-state index contributed by atoms with van der Waals surface area (Å²) < 4.78 is 83.0. The van der Waals surface area contributed by atoms with Crippen molar-refractivity contribution >= 4 is 28.5 Å². The van der Waals surface area contributed by atoms with Crippen molar-refractivity contribution in [1.82, 2.24) is 19.4 Å². The van der Waals surface area contributed by atoms with Crippen LogP contribution in [0.4, 0.5) is 31.1 Å². The highest BCUT2D eigenvalue weighted by molar-refractivity contribution is 5.95. The van der Waals surface area contributed by atoms with Gasteiger partial charge in [0.25, 0.3) is 5.91 Å². The number of hydrogen-bond acceptors (Lipinski definition) is 4. The minimum atomic E-state index is -5.11. The van der Waals surface area contributed by atoms with Crippen LogP contribution < -0.4 is 0 Å². The minimum absolute atomic E-state index is 0.000476. The summed E-state index contributed by atoms with van der Waals surface area (Å²) in [7, 11) is 0. The van der Waals surface area contributed by atoms with E-state index in [1.165, 1.54) is 11.1 Å². The number of pyridine rings is 1. The van der Waals surface area contributed by atoms with Gasteiger partial charge in [-0.1, -0.05) is 18.2 Å². The Morgan fingerprint density at radius 3 is 2.22 bits per heavy atom. The molecule has 13 heteroatoms. The zero-order chi connectivity index (χ0) is 32.1. The molecule has 2 atom stereocenters. The number of aromatic nitrogens is 2. The number of carbonyl (C=O) groups is 2. The normalized spacial score (nSPS) is 18.9. The van der Waals surface area contributed by atoms with E-state index in [4.69, 9.17) is 0 Å². The van der Waals surface area contributed by atoms with Crippen LogP contribution in [0.15, 0.2) is 79.4 Å². The van der Waals surface area contributed by atoms with Crippen molar-refractivity contribution < 1.29 is 41.0 Å². The zero-order valence-electron chi connectivity index (χ0n) is 23.5. The summed E-state index contributed by atoms with van der Waals surface area (Å²) in [6.45, 7) is 0.279. The number of para-hydroxylation sites is 1. The number of amides is 1. The molecule has 2 aromatic carbocycles. The molecule has 1 N–H and O–H groups in total. The third kappa shape index (κ3) is 5.98. The molecule has 0 spiro atoms. The molecule has 0 saturated carbocycles. The molecule has 45 heavy (non-hydrogen) atoms. The Labute approximate surface area is 253 Å². The first-order valence-electron chi connectivity index (χ1n) is 14.1. The fraction of sp³-hybridized carbons (Fsp3) is 0.281. The number of rotatable bonds is 4. The van der Waals surface area contributed by atoms with E-state index >= 15 is 0 Å². The van der Waals surface area contributed by atoms with Crippen LogP contribution in [0.2, 0.25) is 0 Å². The second-order valence-electron chi connectivity index (χ2n) is 11.2. The monoisotopic (exact) mass is 628 g/mol. The molecule has 2 aliphatic rings. The predicted octanol–water partition coefficient (Wildman–Crippen LogP) is 7.17. The van der Waals surface area contributed by atoms with Crippen LogP contribution >= 0.6 is 0 Å². The second-order valence-corrected chi connectivity index (χ2v) is 11.2. The first-order chi connectivity index (χ1) is 21.3. The van der Waals surface area contributed by atoms with Crippen LogP contribution in [-0.2, 0) is 18.8 Å². The predicted molar refractivity (Wildman–Crippen MR) is 152 cm³/mol. The SMILES string of the molecule is O=C(c1cc(C(F)(F)F)cc(C(F)(F)F)c1)N1C[C@H]2CCC(c3ccncc3)=CN2C[C@H]1Cc1cn(C(=O)O)c2ccccc12. The Morgan fingerprint density at radius 2 is 1.58 bits per heavy atom. The Bertz CT molecular complexity index is 1770. The summed E-state index contributed by atoms with van der Waals surface area (Å²) in [6.07, 6.45) is -3.33. The number of carbonyl (C=O) groups excluding carboxylic acids is 1. The van der Waals surface area contributed by atoms with Crippen molar-refractivity contribution in [3.63, 3.8) is 0 Å². The number of benzene rings is 2. The lowest BCUT2D eigenvalue weighted by Gasteiger charge is -2.48. The van der Waals surface area contributed by atoms with Gasteiger partial charge in [-0.2, -0.15) is 26.3 Å². The van der Waals surface area contributed by atoms with Crippen LogP contribution in [-0.4, -0.2) is 61.6 Å². The molecule has 1 saturated heterocycles. The van der Waals surface area contributed by atoms with Crippen molar-refractivity contribution in [2.24, 2.45) is 0 Å². The van der Waals surface area contributed by atoms with Gasteiger partial charge < -0.3 is 14.9 Å². The molecule has 0 unspecified atom stereocenters. The van der Waals surface area contributed by atoms with E-state index in [0.29, 0.717) is 41.4 Å². The topological polar surface area (TPSA) is 78.7 Å². The average Bonchev–Trinajstić information content (AvgIpc) is 3.38. The fourth-order valence-corrected chi connectivity index (χ4v) is 6.25. The smallest absolute Gasteiger partial charge is 0.416 e. The largest absolute Gasteiger partial charge is 0.464 e. The number of fused-ring (bicyclic) bond motifs is 2. The number of carboxylic acid groups (broad SMARTS) is 1. The van der Waals surface area contributed by atoms with Crippen LogP contribution in [0.3, 0.4) is 0 Å². The molecule has 234 valence electrons. The number of piperazine rings is 1. The quantitative estimate of drug-likeness (QED) is 0.243. The number of halogens is 6. The fourth-order valence-electron chi connectivity index (χ4n) is 6.25. The lowest BCUT2D eigenvalue weighted by atomic mass is 9.90. The summed E-state index contributed by atoms with van der Waals surface area (Å²) in [5.41, 5.74) is -0.867. The van der Waals surface area contributed by atoms with Gasteiger partial charge in [0, 0.05) is 54.9 Å². The molecule has 1 amide bonds.